The first-order chi connectivity index (χ1) is 3.80. The quantitative estimate of drug-likeness (QED) is 0.495. The molecule has 0 radical (unpaired) electrons. The van der Waals surface area contributed by atoms with Crippen molar-refractivity contribution in [3.8, 4) is 0 Å². The summed E-state index contributed by atoms with van der Waals surface area (Å²) in [4.78, 5) is 0. The summed E-state index contributed by atoms with van der Waals surface area (Å²) in [5.74, 6) is 0.951. The zero-order valence-electron chi connectivity index (χ0n) is 4.42. The predicted molar refractivity (Wildman–Crippen MR) is 37.0 cm³/mol. The number of allylic oxidation sites excluding steroid dienone is 1. The van der Waals surface area contributed by atoms with Crippen molar-refractivity contribution in [2.75, 3.05) is 5.75 Å². The highest BCUT2D eigenvalue weighted by Gasteiger charge is 1.98. The van der Waals surface area contributed by atoms with Crippen LogP contribution in [0.4, 0.5) is 0 Å². The van der Waals surface area contributed by atoms with E-state index in [0.29, 0.717) is 5.70 Å². The standard InChI is InChI=1S/C5H8N2S/c6-4-2-1-3-8-5(4)7/h1-2H,3,6-7H2. The maximum absolute atomic E-state index is 5.44. The molecule has 8 heavy (non-hydrogen) atoms. The number of hydrogen-bond donors (Lipinski definition) is 2. The molecule has 0 unspecified atom stereocenters. The summed E-state index contributed by atoms with van der Waals surface area (Å²) in [6.07, 6.45) is 3.84. The lowest BCUT2D eigenvalue weighted by Gasteiger charge is -2.05. The van der Waals surface area contributed by atoms with Crippen LogP contribution in [0, 0.1) is 0 Å². The van der Waals surface area contributed by atoms with Crippen LogP contribution in [0.2, 0.25) is 0 Å². The summed E-state index contributed by atoms with van der Waals surface area (Å²) >= 11 is 1.57. The third kappa shape index (κ3) is 0.980. The molecule has 0 aromatic carbocycles. The lowest BCUT2D eigenvalue weighted by atomic mass is 10.4. The molecule has 0 saturated heterocycles. The normalized spacial score (nSPS) is 19.5. The van der Waals surface area contributed by atoms with Crippen molar-refractivity contribution in [1.29, 1.82) is 0 Å². The van der Waals surface area contributed by atoms with Crippen molar-refractivity contribution >= 4 is 11.8 Å². The molecule has 0 atom stereocenters. The number of nitrogens with two attached hydrogens (primary N) is 2. The molecule has 0 aromatic rings. The van der Waals surface area contributed by atoms with Crippen LogP contribution in [-0.2, 0) is 0 Å². The van der Waals surface area contributed by atoms with Gasteiger partial charge in [-0.2, -0.15) is 0 Å². The fraction of sp³-hybridized carbons (Fsp3) is 0.200. The van der Waals surface area contributed by atoms with Crippen LogP contribution in [0.25, 0.3) is 0 Å². The van der Waals surface area contributed by atoms with Crippen LogP contribution in [0.15, 0.2) is 22.9 Å². The zero-order chi connectivity index (χ0) is 5.98. The highest BCUT2D eigenvalue weighted by molar-refractivity contribution is 8.03. The second kappa shape index (κ2) is 2.13. The van der Waals surface area contributed by atoms with E-state index in [4.69, 9.17) is 11.5 Å². The average Bonchev–Trinajstić information content (AvgIpc) is 1.77. The van der Waals surface area contributed by atoms with E-state index in [1.54, 1.807) is 11.8 Å². The molecule has 2 nitrogen and oxygen atoms in total. The average molecular weight is 128 g/mol. The molecule has 0 aliphatic carbocycles. The van der Waals surface area contributed by atoms with E-state index in [-0.39, 0.29) is 0 Å². The Hall–Kier alpha value is -0.570. The lowest BCUT2D eigenvalue weighted by Crippen LogP contribution is -2.07. The third-order valence-corrected chi connectivity index (χ3v) is 1.82. The molecule has 0 spiro atoms. The van der Waals surface area contributed by atoms with Gasteiger partial charge in [-0.3, -0.25) is 0 Å². The van der Waals surface area contributed by atoms with Crippen molar-refractivity contribution < 1.29 is 0 Å². The Kier molecular flexibility index (Phi) is 1.48. The molecule has 1 aliphatic rings. The Bertz CT molecular complexity index is 149. The molecule has 0 aromatic heterocycles. The van der Waals surface area contributed by atoms with Crippen LogP contribution in [-0.4, -0.2) is 5.75 Å². The fourth-order valence-corrected chi connectivity index (χ4v) is 1.09. The van der Waals surface area contributed by atoms with E-state index in [2.05, 4.69) is 0 Å². The summed E-state index contributed by atoms with van der Waals surface area (Å²) < 4.78 is 0. The maximum atomic E-state index is 5.44. The Morgan fingerprint density at radius 2 is 2.25 bits per heavy atom. The SMILES string of the molecule is NC1=C(N)SCC=C1. The van der Waals surface area contributed by atoms with Gasteiger partial charge in [0.05, 0.1) is 10.7 Å². The minimum atomic E-state index is 0.696. The first-order valence-corrected chi connectivity index (χ1v) is 3.34. The van der Waals surface area contributed by atoms with Gasteiger partial charge in [0.15, 0.2) is 0 Å². The van der Waals surface area contributed by atoms with Gasteiger partial charge in [0.1, 0.15) is 0 Å². The predicted octanol–water partition coefficient (Wildman–Crippen LogP) is 0.376. The largest absolute Gasteiger partial charge is 0.397 e. The summed E-state index contributed by atoms with van der Waals surface area (Å²) in [7, 11) is 0. The van der Waals surface area contributed by atoms with Crippen LogP contribution in [0.5, 0.6) is 0 Å². The highest BCUT2D eigenvalue weighted by Crippen LogP contribution is 2.16. The first-order valence-electron chi connectivity index (χ1n) is 2.35. The van der Waals surface area contributed by atoms with Gasteiger partial charge in [0.25, 0.3) is 0 Å². The molecule has 0 fully saturated rings. The van der Waals surface area contributed by atoms with E-state index in [0.717, 1.165) is 10.8 Å². The van der Waals surface area contributed by atoms with E-state index >= 15 is 0 Å². The summed E-state index contributed by atoms with van der Waals surface area (Å²) in [5, 5.41) is 0.743. The smallest absolute Gasteiger partial charge is 0.0892 e. The van der Waals surface area contributed by atoms with Crippen LogP contribution in [0.3, 0.4) is 0 Å². The Morgan fingerprint density at radius 1 is 1.50 bits per heavy atom. The number of hydrogen-bond acceptors (Lipinski definition) is 3. The number of rotatable bonds is 0. The van der Waals surface area contributed by atoms with E-state index in [1.165, 1.54) is 0 Å². The molecular weight excluding hydrogens is 120 g/mol. The Morgan fingerprint density at radius 3 is 2.62 bits per heavy atom. The van der Waals surface area contributed by atoms with Crippen molar-refractivity contribution in [2.24, 2.45) is 11.5 Å². The molecule has 1 heterocycles. The molecule has 1 aliphatic heterocycles. The van der Waals surface area contributed by atoms with Gasteiger partial charge in [-0.05, 0) is 6.08 Å². The fourth-order valence-electron chi connectivity index (χ4n) is 0.478. The van der Waals surface area contributed by atoms with E-state index in [9.17, 15) is 0 Å². The van der Waals surface area contributed by atoms with Crippen molar-refractivity contribution in [3.63, 3.8) is 0 Å². The third-order valence-electron chi connectivity index (χ3n) is 0.917. The minimum Gasteiger partial charge on any atom is -0.397 e. The van der Waals surface area contributed by atoms with Gasteiger partial charge in [-0.25, -0.2) is 0 Å². The Labute approximate surface area is 52.6 Å². The molecule has 1 rings (SSSR count). The van der Waals surface area contributed by atoms with Gasteiger partial charge < -0.3 is 11.5 Å². The second-order valence-electron chi connectivity index (χ2n) is 1.53. The number of thioether (sulfide) groups is 1. The Balaban J connectivity index is 2.76. The molecule has 0 amide bonds. The molecular formula is C5H8N2S. The summed E-state index contributed by atoms with van der Waals surface area (Å²) in [6, 6.07) is 0. The molecule has 44 valence electrons. The molecule has 0 saturated carbocycles. The topological polar surface area (TPSA) is 52.0 Å². The molecule has 0 bridgehead atoms. The monoisotopic (exact) mass is 128 g/mol. The zero-order valence-corrected chi connectivity index (χ0v) is 5.24. The van der Waals surface area contributed by atoms with Gasteiger partial charge in [0.2, 0.25) is 0 Å². The first kappa shape index (κ1) is 5.56. The van der Waals surface area contributed by atoms with Gasteiger partial charge in [0, 0.05) is 5.75 Å². The van der Waals surface area contributed by atoms with E-state index < -0.39 is 0 Å². The highest BCUT2D eigenvalue weighted by atomic mass is 32.2. The lowest BCUT2D eigenvalue weighted by molar-refractivity contribution is 1.32. The van der Waals surface area contributed by atoms with Crippen molar-refractivity contribution in [2.45, 2.75) is 0 Å². The maximum Gasteiger partial charge on any atom is 0.0892 e. The van der Waals surface area contributed by atoms with Gasteiger partial charge in [-0.15, -0.1) is 11.8 Å². The molecule has 3 heteroatoms. The minimum absolute atomic E-state index is 0.696. The summed E-state index contributed by atoms with van der Waals surface area (Å²) in [5.41, 5.74) is 11.6. The van der Waals surface area contributed by atoms with Gasteiger partial charge >= 0.3 is 0 Å². The van der Waals surface area contributed by atoms with Crippen LogP contribution >= 0.6 is 11.8 Å². The van der Waals surface area contributed by atoms with Gasteiger partial charge in [-0.1, -0.05) is 6.08 Å². The van der Waals surface area contributed by atoms with Crippen molar-refractivity contribution in [3.05, 3.63) is 22.9 Å². The van der Waals surface area contributed by atoms with Crippen LogP contribution in [0.1, 0.15) is 0 Å². The molecule has 4 N–H and O–H groups in total. The van der Waals surface area contributed by atoms with E-state index in [1.807, 2.05) is 12.2 Å². The summed E-state index contributed by atoms with van der Waals surface area (Å²) in [6.45, 7) is 0. The van der Waals surface area contributed by atoms with Crippen molar-refractivity contribution in [1.82, 2.24) is 0 Å². The second-order valence-corrected chi connectivity index (χ2v) is 2.59. The van der Waals surface area contributed by atoms with Crippen LogP contribution < -0.4 is 11.5 Å².